The lowest BCUT2D eigenvalue weighted by Gasteiger charge is -2.01. The normalized spacial score (nSPS) is 8.11. The number of nitrogens with zero attached hydrogens (tertiary/aromatic N) is 1. The molecule has 0 aliphatic rings. The van der Waals surface area contributed by atoms with Crippen molar-refractivity contribution in [3.05, 3.63) is 0 Å². The monoisotopic (exact) mass is 357 g/mol. The van der Waals surface area contributed by atoms with Crippen molar-refractivity contribution >= 4 is 43.2 Å². The van der Waals surface area contributed by atoms with Crippen LogP contribution in [0.4, 0.5) is 0 Å². The molecular formula is C4H9I2NO2. The summed E-state index contributed by atoms with van der Waals surface area (Å²) in [5, 5.41) is 8.04. The lowest BCUT2D eigenvalue weighted by molar-refractivity contribution is -0.137. The van der Waals surface area contributed by atoms with Gasteiger partial charge in [-0.3, -0.25) is 9.69 Å². The molecule has 0 radical (unpaired) electrons. The molecule has 0 atom stereocenters. The van der Waals surface area contributed by atoms with Crippen molar-refractivity contribution in [1.29, 1.82) is 0 Å². The molecule has 0 spiro atoms. The molecule has 9 heavy (non-hydrogen) atoms. The first-order valence-electron chi connectivity index (χ1n) is 2.13. The van der Waals surface area contributed by atoms with Crippen molar-refractivity contribution in [2.75, 3.05) is 20.6 Å². The Morgan fingerprint density at radius 2 is 1.89 bits per heavy atom. The van der Waals surface area contributed by atoms with Gasteiger partial charge in [-0.2, -0.15) is 0 Å². The van der Waals surface area contributed by atoms with E-state index >= 15 is 0 Å². The summed E-state index contributed by atoms with van der Waals surface area (Å²) >= 11 is 4.24. The molecule has 0 fully saturated rings. The van der Waals surface area contributed by atoms with Gasteiger partial charge in [0, 0.05) is 37.2 Å². The van der Waals surface area contributed by atoms with Gasteiger partial charge in [0.1, 0.15) is 0 Å². The van der Waals surface area contributed by atoms with E-state index in [9.17, 15) is 4.79 Å². The number of likely N-dealkylation sites (N-methyl/N-ethyl adjacent to an activating group) is 1. The Labute approximate surface area is 78.1 Å². The first kappa shape index (κ1) is 12.6. The van der Waals surface area contributed by atoms with Crippen LogP contribution in [0.1, 0.15) is 0 Å². The van der Waals surface area contributed by atoms with Gasteiger partial charge in [0.2, 0.25) is 0 Å². The van der Waals surface area contributed by atoms with Crippen molar-refractivity contribution in [3.8, 4) is 0 Å². The van der Waals surface area contributed by atoms with Crippen LogP contribution in [0, 0.1) is 0 Å². The van der Waals surface area contributed by atoms with Crippen molar-refractivity contribution in [1.82, 2.24) is 4.90 Å². The van der Waals surface area contributed by atoms with E-state index in [4.69, 9.17) is 5.11 Å². The zero-order valence-electron chi connectivity index (χ0n) is 5.27. The molecule has 0 amide bonds. The highest BCUT2D eigenvalue weighted by Crippen LogP contribution is 1.89. The molecule has 5 heteroatoms. The Balaban J connectivity index is 0. The summed E-state index contributed by atoms with van der Waals surface area (Å²) in [4.78, 5) is 11.4. The van der Waals surface area contributed by atoms with Crippen LogP contribution in [0.25, 0.3) is 0 Å². The Morgan fingerprint density at radius 1 is 1.56 bits per heavy atom. The molecule has 0 bridgehead atoms. The van der Waals surface area contributed by atoms with Crippen LogP contribution >= 0.6 is 37.2 Å². The minimum Gasteiger partial charge on any atom is -0.480 e. The largest absolute Gasteiger partial charge is 0.480 e. The van der Waals surface area contributed by atoms with Gasteiger partial charge >= 0.3 is 5.97 Å². The van der Waals surface area contributed by atoms with Crippen LogP contribution in [-0.4, -0.2) is 36.6 Å². The quantitative estimate of drug-likeness (QED) is 0.760. The molecule has 0 unspecified atom stereocenters. The fraction of sp³-hybridized carbons (Fsp3) is 0.750. The van der Waals surface area contributed by atoms with Crippen LogP contribution in [-0.2, 0) is 4.79 Å². The van der Waals surface area contributed by atoms with Crippen LogP contribution in [0.2, 0.25) is 0 Å². The average molecular weight is 357 g/mol. The van der Waals surface area contributed by atoms with Crippen LogP contribution in [0.5, 0.6) is 0 Å². The zero-order valence-corrected chi connectivity index (χ0v) is 9.58. The lowest BCUT2D eigenvalue weighted by Crippen LogP contribution is -2.20. The smallest absolute Gasteiger partial charge is 0.317 e. The summed E-state index contributed by atoms with van der Waals surface area (Å²) in [6.45, 7) is 0.111. The molecule has 0 aliphatic carbocycles. The summed E-state index contributed by atoms with van der Waals surface area (Å²) < 4.78 is 0. The Hall–Kier alpha value is 0.890. The van der Waals surface area contributed by atoms with E-state index in [0.29, 0.717) is 0 Å². The predicted molar refractivity (Wildman–Crippen MR) is 54.2 cm³/mol. The highest BCUT2D eigenvalue weighted by Gasteiger charge is 1.94. The molecule has 3 nitrogen and oxygen atoms in total. The molecule has 0 saturated heterocycles. The van der Waals surface area contributed by atoms with Gasteiger partial charge < -0.3 is 5.11 Å². The third kappa shape index (κ3) is 17.6. The highest BCUT2D eigenvalue weighted by molar-refractivity contribution is 15.0. The minimum atomic E-state index is -0.787. The van der Waals surface area contributed by atoms with E-state index in [1.165, 1.54) is 0 Å². The third-order valence-corrected chi connectivity index (χ3v) is 0.451. The fourth-order valence-corrected chi connectivity index (χ4v) is 0.271. The van der Waals surface area contributed by atoms with E-state index < -0.39 is 5.97 Å². The van der Waals surface area contributed by atoms with E-state index in [1.807, 2.05) is 0 Å². The molecular weight excluding hydrogens is 348 g/mol. The van der Waals surface area contributed by atoms with Gasteiger partial charge in [0.05, 0.1) is 6.54 Å². The summed E-state index contributed by atoms with van der Waals surface area (Å²) in [7, 11) is 3.43. The number of rotatable bonds is 2. The van der Waals surface area contributed by atoms with Crippen molar-refractivity contribution in [3.63, 3.8) is 0 Å². The van der Waals surface area contributed by atoms with E-state index in [-0.39, 0.29) is 6.54 Å². The summed E-state index contributed by atoms with van der Waals surface area (Å²) in [5.74, 6) is -0.787. The first-order chi connectivity index (χ1) is 4.13. The van der Waals surface area contributed by atoms with Crippen molar-refractivity contribution in [2.24, 2.45) is 0 Å². The molecule has 0 aromatic carbocycles. The van der Waals surface area contributed by atoms with Gasteiger partial charge in [-0.15, -0.1) is 0 Å². The van der Waals surface area contributed by atoms with Crippen LogP contribution < -0.4 is 0 Å². The molecule has 0 heterocycles. The maximum absolute atomic E-state index is 9.77. The third-order valence-electron chi connectivity index (χ3n) is 0.451. The lowest BCUT2D eigenvalue weighted by atomic mass is 10.6. The molecule has 0 aliphatic heterocycles. The number of aliphatic carboxylic acids is 1. The summed E-state index contributed by atoms with van der Waals surface area (Å²) in [5.41, 5.74) is 0. The van der Waals surface area contributed by atoms with Gasteiger partial charge in [0.15, 0.2) is 0 Å². The Morgan fingerprint density at radius 3 is 1.89 bits per heavy atom. The second kappa shape index (κ2) is 8.89. The topological polar surface area (TPSA) is 40.5 Å². The van der Waals surface area contributed by atoms with Gasteiger partial charge in [-0.25, -0.2) is 0 Å². The zero-order chi connectivity index (χ0) is 7.86. The number of hydrogen-bond acceptors (Lipinski definition) is 2. The highest BCUT2D eigenvalue weighted by atomic mass is 128. The number of carboxylic acid groups (broad SMARTS) is 1. The van der Waals surface area contributed by atoms with E-state index in [0.717, 1.165) is 0 Å². The minimum absolute atomic E-state index is 0.111. The van der Waals surface area contributed by atoms with Crippen LogP contribution in [0.15, 0.2) is 0 Å². The second-order valence-corrected chi connectivity index (χ2v) is 1.63. The van der Waals surface area contributed by atoms with E-state index in [1.54, 1.807) is 19.0 Å². The van der Waals surface area contributed by atoms with Crippen molar-refractivity contribution in [2.45, 2.75) is 0 Å². The Bertz CT molecular complexity index is 77.0. The maximum Gasteiger partial charge on any atom is 0.317 e. The predicted octanol–water partition coefficient (Wildman–Crippen LogP) is 1.40. The number of carbonyl (C=O) groups is 1. The standard InChI is InChI=1S/C4H9NO2.I2/c1-5(2)3-4(6)7;1-2/h3H2,1-2H3,(H,6,7);. The Kier molecular flexibility index (Phi) is 12.4. The average Bonchev–Trinajstić information content (AvgIpc) is 1.68. The number of halogens is 2. The van der Waals surface area contributed by atoms with Gasteiger partial charge in [0.25, 0.3) is 0 Å². The SMILES string of the molecule is CN(C)CC(=O)O.II. The maximum atomic E-state index is 9.77. The van der Waals surface area contributed by atoms with Gasteiger partial charge in [-0.05, 0) is 14.1 Å². The van der Waals surface area contributed by atoms with Crippen LogP contribution in [0.3, 0.4) is 0 Å². The molecule has 1 N–H and O–H groups in total. The molecule has 0 aromatic heterocycles. The molecule has 56 valence electrons. The molecule has 0 aromatic rings. The number of hydrogen-bond donors (Lipinski definition) is 1. The molecule has 0 saturated carbocycles. The second-order valence-electron chi connectivity index (χ2n) is 1.63. The van der Waals surface area contributed by atoms with Crippen molar-refractivity contribution < 1.29 is 9.90 Å². The molecule has 0 rings (SSSR count). The summed E-state index contributed by atoms with van der Waals surface area (Å²) in [6.07, 6.45) is 0. The fourth-order valence-electron chi connectivity index (χ4n) is 0.271. The van der Waals surface area contributed by atoms with E-state index in [2.05, 4.69) is 37.2 Å². The number of carboxylic acids is 1. The summed E-state index contributed by atoms with van der Waals surface area (Å²) in [6, 6.07) is 0. The van der Waals surface area contributed by atoms with Gasteiger partial charge in [-0.1, -0.05) is 0 Å². The first-order valence-corrected chi connectivity index (χ1v) is 8.42.